The summed E-state index contributed by atoms with van der Waals surface area (Å²) in [5, 5.41) is 24.6. The van der Waals surface area contributed by atoms with Crippen molar-refractivity contribution < 1.29 is 34.2 Å². The average Bonchev–Trinajstić information content (AvgIpc) is 3.81. The van der Waals surface area contributed by atoms with Crippen LogP contribution in [0.15, 0.2) is 97.1 Å². The highest BCUT2D eigenvalue weighted by Gasteiger charge is 2.29. The number of aryl methyl sites for hydroxylation is 2. The minimum absolute atomic E-state index is 0.00601. The third-order valence-corrected chi connectivity index (χ3v) is 9.83. The second-order valence-electron chi connectivity index (χ2n) is 13.7. The van der Waals surface area contributed by atoms with E-state index in [1.807, 2.05) is 85.9 Å². The van der Waals surface area contributed by atoms with E-state index in [1.165, 1.54) is 0 Å². The number of carboxylic acids is 2. The van der Waals surface area contributed by atoms with Crippen LogP contribution < -0.4 is 10.6 Å². The lowest BCUT2D eigenvalue weighted by molar-refractivity contribution is -0.140. The van der Waals surface area contributed by atoms with Gasteiger partial charge in [-0.2, -0.15) is 0 Å². The van der Waals surface area contributed by atoms with Gasteiger partial charge in [0.25, 0.3) is 11.8 Å². The van der Waals surface area contributed by atoms with E-state index in [0.717, 1.165) is 42.4 Å². The summed E-state index contributed by atoms with van der Waals surface area (Å²) in [6.45, 7) is 1.65. The first-order valence-electron chi connectivity index (χ1n) is 18.0. The molecular formula is C42H43N5O7. The molecule has 1 aliphatic heterocycles. The molecule has 5 N–H and O–H groups in total. The number of aliphatic carboxylic acids is 1. The van der Waals surface area contributed by atoms with Gasteiger partial charge in [0.1, 0.15) is 5.82 Å². The number of likely N-dealkylation sites (N-methyl/N-ethyl adjacent to an activating group) is 1. The van der Waals surface area contributed by atoms with Crippen molar-refractivity contribution in [1.82, 2.24) is 14.8 Å². The Kier molecular flexibility index (Phi) is 11.8. The number of carbonyl (C=O) groups excluding carboxylic acids is 3. The van der Waals surface area contributed by atoms with E-state index < -0.39 is 11.9 Å². The molecule has 1 aromatic heterocycles. The molecule has 278 valence electrons. The molecule has 0 aliphatic carbocycles. The van der Waals surface area contributed by atoms with Crippen LogP contribution in [0.4, 0.5) is 11.5 Å². The second-order valence-corrected chi connectivity index (χ2v) is 13.7. The van der Waals surface area contributed by atoms with E-state index in [-0.39, 0.29) is 48.0 Å². The third-order valence-electron chi connectivity index (χ3n) is 9.83. The Morgan fingerprint density at radius 2 is 1.48 bits per heavy atom. The van der Waals surface area contributed by atoms with Crippen molar-refractivity contribution in [3.05, 3.63) is 130 Å². The van der Waals surface area contributed by atoms with E-state index in [1.54, 1.807) is 23.1 Å². The SMILES string of the molecule is CN(Cc1cccc(C(=O)Nc2[nH]c3ccccc3c2C(=O)Nc2ccc(CCCc3ccc(C(=O)O)cc3)cc2)c1)C1CCN(C(=O)CCC(=O)O)C1. The number of benzene rings is 4. The highest BCUT2D eigenvalue weighted by Crippen LogP contribution is 2.28. The van der Waals surface area contributed by atoms with Crippen LogP contribution in [0, 0.1) is 0 Å². The Morgan fingerprint density at radius 3 is 2.19 bits per heavy atom. The number of aromatic carboxylic acids is 1. The summed E-state index contributed by atoms with van der Waals surface area (Å²) in [4.78, 5) is 68.8. The normalized spacial score (nSPS) is 14.0. The molecule has 1 saturated heterocycles. The van der Waals surface area contributed by atoms with Gasteiger partial charge in [0.2, 0.25) is 5.91 Å². The minimum Gasteiger partial charge on any atom is -0.481 e. The molecule has 0 spiro atoms. The summed E-state index contributed by atoms with van der Waals surface area (Å²) in [5.74, 6) is -2.54. The number of nitrogens with one attached hydrogen (secondary N) is 3. The van der Waals surface area contributed by atoms with Gasteiger partial charge in [0.05, 0.1) is 17.5 Å². The number of hydrogen-bond donors (Lipinski definition) is 5. The van der Waals surface area contributed by atoms with Gasteiger partial charge >= 0.3 is 11.9 Å². The zero-order valence-electron chi connectivity index (χ0n) is 30.0. The number of carboxylic acid groups (broad SMARTS) is 2. The quantitative estimate of drug-likeness (QED) is 0.0819. The fourth-order valence-corrected chi connectivity index (χ4v) is 6.84. The number of amides is 3. The van der Waals surface area contributed by atoms with Crippen LogP contribution in [-0.4, -0.2) is 80.8 Å². The van der Waals surface area contributed by atoms with Crippen molar-refractivity contribution in [2.75, 3.05) is 30.8 Å². The Morgan fingerprint density at radius 1 is 0.778 bits per heavy atom. The summed E-state index contributed by atoms with van der Waals surface area (Å²) in [7, 11) is 1.97. The van der Waals surface area contributed by atoms with E-state index in [9.17, 15) is 24.0 Å². The minimum atomic E-state index is -0.986. The van der Waals surface area contributed by atoms with Crippen molar-refractivity contribution >= 4 is 52.1 Å². The monoisotopic (exact) mass is 729 g/mol. The van der Waals surface area contributed by atoms with Crippen LogP contribution in [0.25, 0.3) is 10.9 Å². The number of aromatic amines is 1. The van der Waals surface area contributed by atoms with Crippen LogP contribution in [0.2, 0.25) is 0 Å². The molecule has 4 aromatic carbocycles. The number of likely N-dealkylation sites (tertiary alicyclic amines) is 1. The molecule has 12 heteroatoms. The van der Waals surface area contributed by atoms with Crippen LogP contribution in [0.5, 0.6) is 0 Å². The molecule has 1 fully saturated rings. The van der Waals surface area contributed by atoms with Gasteiger partial charge in [0, 0.05) is 54.3 Å². The Bertz CT molecular complexity index is 2160. The van der Waals surface area contributed by atoms with Crippen LogP contribution in [0.3, 0.4) is 0 Å². The van der Waals surface area contributed by atoms with E-state index in [4.69, 9.17) is 10.2 Å². The molecule has 1 atom stereocenters. The van der Waals surface area contributed by atoms with Gasteiger partial charge in [-0.1, -0.05) is 54.6 Å². The molecule has 5 aromatic rings. The van der Waals surface area contributed by atoms with Gasteiger partial charge < -0.3 is 30.7 Å². The third kappa shape index (κ3) is 9.39. The smallest absolute Gasteiger partial charge is 0.335 e. The van der Waals surface area contributed by atoms with Crippen molar-refractivity contribution in [3.63, 3.8) is 0 Å². The summed E-state index contributed by atoms with van der Waals surface area (Å²) in [5.41, 5.74) is 5.42. The van der Waals surface area contributed by atoms with Crippen LogP contribution in [0.1, 0.15) is 73.4 Å². The lowest BCUT2D eigenvalue weighted by atomic mass is 10.0. The first-order valence-corrected chi connectivity index (χ1v) is 18.0. The van der Waals surface area contributed by atoms with E-state index >= 15 is 0 Å². The topological polar surface area (TPSA) is 172 Å². The summed E-state index contributed by atoms with van der Waals surface area (Å²) >= 11 is 0. The molecular weight excluding hydrogens is 686 g/mol. The predicted octanol–water partition coefficient (Wildman–Crippen LogP) is 6.44. The number of nitrogens with zero attached hydrogens (tertiary/aromatic N) is 2. The summed E-state index contributed by atoms with van der Waals surface area (Å²) in [6, 6.07) is 29.3. The second kappa shape index (κ2) is 17.0. The highest BCUT2D eigenvalue weighted by atomic mass is 16.4. The van der Waals surface area contributed by atoms with Crippen molar-refractivity contribution in [3.8, 4) is 0 Å². The Labute approximate surface area is 312 Å². The number of fused-ring (bicyclic) bond motifs is 1. The first-order chi connectivity index (χ1) is 26.0. The van der Waals surface area contributed by atoms with Crippen LogP contribution in [-0.2, 0) is 29.0 Å². The lowest BCUT2D eigenvalue weighted by Gasteiger charge is -2.25. The largest absolute Gasteiger partial charge is 0.481 e. The van der Waals surface area contributed by atoms with E-state index in [2.05, 4.69) is 20.5 Å². The predicted molar refractivity (Wildman–Crippen MR) is 206 cm³/mol. The lowest BCUT2D eigenvalue weighted by Crippen LogP contribution is -2.36. The molecule has 54 heavy (non-hydrogen) atoms. The Hall–Kier alpha value is -6.27. The molecule has 1 unspecified atom stereocenters. The number of rotatable bonds is 15. The van der Waals surface area contributed by atoms with Gasteiger partial charge in [-0.25, -0.2) is 4.79 Å². The molecule has 3 amide bonds. The summed E-state index contributed by atoms with van der Waals surface area (Å²) in [6.07, 6.45) is 3.11. The molecule has 6 rings (SSSR count). The molecule has 0 saturated carbocycles. The molecule has 0 bridgehead atoms. The van der Waals surface area contributed by atoms with Crippen molar-refractivity contribution in [2.24, 2.45) is 0 Å². The number of aromatic nitrogens is 1. The van der Waals surface area contributed by atoms with Gasteiger partial charge in [-0.3, -0.25) is 24.1 Å². The highest BCUT2D eigenvalue weighted by molar-refractivity contribution is 6.19. The first kappa shape index (κ1) is 37.5. The zero-order valence-corrected chi connectivity index (χ0v) is 30.0. The van der Waals surface area contributed by atoms with Gasteiger partial charge in [-0.05, 0) is 91.9 Å². The van der Waals surface area contributed by atoms with Crippen LogP contribution >= 0.6 is 0 Å². The number of para-hydroxylation sites is 1. The fourth-order valence-electron chi connectivity index (χ4n) is 6.84. The number of anilines is 2. The molecule has 2 heterocycles. The van der Waals surface area contributed by atoms with Gasteiger partial charge in [-0.15, -0.1) is 0 Å². The maximum atomic E-state index is 13.8. The zero-order chi connectivity index (χ0) is 38.2. The van der Waals surface area contributed by atoms with Crippen molar-refractivity contribution in [1.29, 1.82) is 0 Å². The maximum absolute atomic E-state index is 13.8. The standard InChI is InChI=1S/C42H43N5O7/c1-46(33-22-23-47(26-33)36(48)20-21-37(49)50)25-29-8-5-9-31(24-29)40(51)45-39-38(34-10-2-3-11-35(34)44-39)41(52)43-32-18-14-28(15-19-32)7-4-6-27-12-16-30(17-13-27)42(53)54/h2-3,5,8-19,24,33,44H,4,6-7,20-23,25-26H2,1H3,(H,43,52)(H,45,51)(H,49,50)(H,53,54). The Balaban J connectivity index is 1.07. The number of H-pyrrole nitrogens is 1. The number of hydrogen-bond acceptors (Lipinski definition) is 6. The van der Waals surface area contributed by atoms with Crippen molar-refractivity contribution in [2.45, 2.75) is 51.1 Å². The molecule has 0 radical (unpaired) electrons. The molecule has 1 aliphatic rings. The fraction of sp³-hybridized carbons (Fsp3) is 0.262. The summed E-state index contributed by atoms with van der Waals surface area (Å²) < 4.78 is 0. The molecule has 12 nitrogen and oxygen atoms in total. The average molecular weight is 730 g/mol. The number of carbonyl (C=O) groups is 5. The maximum Gasteiger partial charge on any atom is 0.335 e. The van der Waals surface area contributed by atoms with E-state index in [0.29, 0.717) is 47.4 Å². The van der Waals surface area contributed by atoms with Gasteiger partial charge in [0.15, 0.2) is 0 Å².